The normalized spacial score (nSPS) is 13.0. The summed E-state index contributed by atoms with van der Waals surface area (Å²) in [6.07, 6.45) is 2.03. The minimum absolute atomic E-state index is 0.686. The van der Waals surface area contributed by atoms with E-state index < -0.39 is 11.1 Å². The summed E-state index contributed by atoms with van der Waals surface area (Å²) >= 11 is 0.214. The van der Waals surface area contributed by atoms with Crippen LogP contribution in [-0.4, -0.2) is 20.7 Å². The van der Waals surface area contributed by atoms with Crippen molar-refractivity contribution in [3.05, 3.63) is 54.2 Å². The van der Waals surface area contributed by atoms with Crippen molar-refractivity contribution in [3.63, 3.8) is 0 Å². The summed E-state index contributed by atoms with van der Waals surface area (Å²) in [6, 6.07) is 14.1. The largest absolute Gasteiger partial charge is 0.290 e. The lowest BCUT2D eigenvalue weighted by molar-refractivity contribution is 0.445. The van der Waals surface area contributed by atoms with Gasteiger partial charge in [-0.3, -0.25) is 8.58 Å². The second-order valence-corrected chi connectivity index (χ2v) is 7.48. The van der Waals surface area contributed by atoms with E-state index in [-0.39, 0.29) is 0 Å². The predicted octanol–water partition coefficient (Wildman–Crippen LogP) is 4.19. The van der Waals surface area contributed by atoms with E-state index in [2.05, 4.69) is 16.5 Å². The summed E-state index contributed by atoms with van der Waals surface area (Å²) in [5.41, 5.74) is 3.91. The van der Waals surface area contributed by atoms with Crippen LogP contribution in [0.4, 0.5) is 0 Å². The van der Waals surface area contributed by atoms with Crippen LogP contribution in [0.1, 0.15) is 5.56 Å². The number of hydrogen-bond acceptors (Lipinski definition) is 4. The van der Waals surface area contributed by atoms with Gasteiger partial charge in [-0.2, -0.15) is 0 Å². The highest BCUT2D eigenvalue weighted by Crippen LogP contribution is 2.30. The Kier molecular flexibility index (Phi) is 3.52. The van der Waals surface area contributed by atoms with Crippen LogP contribution in [0, 0.1) is 6.92 Å². The van der Waals surface area contributed by atoms with Crippen LogP contribution in [-0.2, 0) is 15.3 Å². The summed E-state index contributed by atoms with van der Waals surface area (Å²) in [6.45, 7) is 1.93. The number of para-hydroxylation sites is 1. The van der Waals surface area contributed by atoms with Gasteiger partial charge in [0.1, 0.15) is 0 Å². The number of fused-ring (bicyclic) bond motifs is 3. The third-order valence-electron chi connectivity index (χ3n) is 3.81. The summed E-state index contributed by atoms with van der Waals surface area (Å²) in [7, 11) is 1.45. The second kappa shape index (κ2) is 5.56. The van der Waals surface area contributed by atoms with Crippen molar-refractivity contribution in [2.24, 2.45) is 0 Å². The van der Waals surface area contributed by atoms with Gasteiger partial charge >= 0.3 is 0 Å². The van der Waals surface area contributed by atoms with Crippen LogP contribution in [0.5, 0.6) is 0 Å². The molecule has 0 N–H and O–H groups in total. The number of benzene rings is 2. The maximum atomic E-state index is 12.0. The van der Waals surface area contributed by atoms with E-state index in [4.69, 9.17) is 9.17 Å². The average Bonchev–Trinajstić information content (AvgIpc) is 3.12. The molecule has 2 aromatic carbocycles. The van der Waals surface area contributed by atoms with E-state index in [0.29, 0.717) is 4.90 Å². The fourth-order valence-electron chi connectivity index (χ4n) is 2.62. The van der Waals surface area contributed by atoms with E-state index in [9.17, 15) is 4.21 Å². The molecule has 6 heteroatoms. The SMILES string of the molecule is COS(=O)c1cc(-c2cn3c(n2)sc2ccccc23)ccc1C. The molecule has 0 spiro atoms. The minimum atomic E-state index is -1.45. The highest BCUT2D eigenvalue weighted by Gasteiger charge is 2.13. The number of aryl methyl sites for hydroxylation is 1. The third kappa shape index (κ3) is 2.39. The zero-order valence-electron chi connectivity index (χ0n) is 12.6. The highest BCUT2D eigenvalue weighted by atomic mass is 32.2. The van der Waals surface area contributed by atoms with Crippen molar-refractivity contribution < 1.29 is 8.39 Å². The molecule has 0 saturated carbocycles. The Morgan fingerprint density at radius 2 is 2.04 bits per heavy atom. The number of nitrogens with zero attached hydrogens (tertiary/aromatic N) is 2. The van der Waals surface area contributed by atoms with Gasteiger partial charge < -0.3 is 0 Å². The Morgan fingerprint density at radius 1 is 1.22 bits per heavy atom. The smallest absolute Gasteiger partial charge is 0.195 e. The Bertz CT molecular complexity index is 1050. The van der Waals surface area contributed by atoms with Gasteiger partial charge in [0.25, 0.3) is 0 Å². The molecule has 2 heterocycles. The summed E-state index contributed by atoms with van der Waals surface area (Å²) < 4.78 is 20.3. The molecule has 0 amide bonds. The van der Waals surface area contributed by atoms with Crippen LogP contribution in [0.3, 0.4) is 0 Å². The van der Waals surface area contributed by atoms with Gasteiger partial charge in [0.2, 0.25) is 0 Å². The second-order valence-electron chi connectivity index (χ2n) is 5.23. The topological polar surface area (TPSA) is 43.6 Å². The van der Waals surface area contributed by atoms with Crippen molar-refractivity contribution >= 4 is 37.6 Å². The number of aromatic nitrogens is 2. The molecule has 0 radical (unpaired) electrons. The van der Waals surface area contributed by atoms with Gasteiger partial charge in [0, 0.05) is 11.8 Å². The summed E-state index contributed by atoms with van der Waals surface area (Å²) in [5, 5.41) is 0. The molecule has 2 aromatic heterocycles. The van der Waals surface area contributed by atoms with Gasteiger partial charge in [-0.15, -0.1) is 0 Å². The summed E-state index contributed by atoms with van der Waals surface area (Å²) in [5.74, 6) is 0. The average molecular weight is 342 g/mol. The molecule has 1 unspecified atom stereocenters. The fraction of sp³-hybridized carbons (Fsp3) is 0.118. The lowest BCUT2D eigenvalue weighted by atomic mass is 10.1. The van der Waals surface area contributed by atoms with Crippen LogP contribution in [0.15, 0.2) is 53.6 Å². The molecule has 0 aliphatic heterocycles. The van der Waals surface area contributed by atoms with Crippen molar-refractivity contribution in [1.29, 1.82) is 0 Å². The first-order chi connectivity index (χ1) is 11.2. The minimum Gasteiger partial charge on any atom is -0.290 e. The monoisotopic (exact) mass is 342 g/mol. The molecular weight excluding hydrogens is 328 g/mol. The van der Waals surface area contributed by atoms with Crippen molar-refractivity contribution in [2.45, 2.75) is 11.8 Å². The van der Waals surface area contributed by atoms with E-state index >= 15 is 0 Å². The zero-order chi connectivity index (χ0) is 16.0. The van der Waals surface area contributed by atoms with Gasteiger partial charge in [-0.1, -0.05) is 35.6 Å². The third-order valence-corrected chi connectivity index (χ3v) is 5.95. The van der Waals surface area contributed by atoms with Gasteiger partial charge in [-0.25, -0.2) is 9.19 Å². The molecule has 0 fully saturated rings. The Balaban J connectivity index is 1.87. The van der Waals surface area contributed by atoms with Crippen LogP contribution < -0.4 is 0 Å². The lowest BCUT2D eigenvalue weighted by Crippen LogP contribution is -1.96. The van der Waals surface area contributed by atoms with Gasteiger partial charge in [-0.05, 0) is 30.7 Å². The van der Waals surface area contributed by atoms with Crippen LogP contribution in [0.25, 0.3) is 26.4 Å². The Hall–Kier alpha value is -2.02. The molecule has 116 valence electrons. The Morgan fingerprint density at radius 3 is 2.87 bits per heavy atom. The molecule has 0 aliphatic carbocycles. The molecule has 0 bridgehead atoms. The van der Waals surface area contributed by atoms with Crippen molar-refractivity contribution in [1.82, 2.24) is 9.38 Å². The number of hydrogen-bond donors (Lipinski definition) is 0. The molecule has 0 saturated heterocycles. The predicted molar refractivity (Wildman–Crippen MR) is 94.2 cm³/mol. The van der Waals surface area contributed by atoms with Crippen molar-refractivity contribution in [2.75, 3.05) is 7.11 Å². The zero-order valence-corrected chi connectivity index (χ0v) is 14.3. The maximum absolute atomic E-state index is 12.0. The van der Waals surface area contributed by atoms with E-state index in [1.807, 2.05) is 43.5 Å². The fourth-order valence-corrected chi connectivity index (χ4v) is 4.36. The number of imidazole rings is 1. The summed E-state index contributed by atoms with van der Waals surface area (Å²) in [4.78, 5) is 6.36. The van der Waals surface area contributed by atoms with Gasteiger partial charge in [0.15, 0.2) is 16.0 Å². The molecule has 1 atom stereocenters. The van der Waals surface area contributed by atoms with E-state index in [1.165, 1.54) is 11.8 Å². The van der Waals surface area contributed by atoms with E-state index in [1.54, 1.807) is 11.3 Å². The van der Waals surface area contributed by atoms with Gasteiger partial charge in [0.05, 0.1) is 27.9 Å². The van der Waals surface area contributed by atoms with Crippen molar-refractivity contribution in [3.8, 4) is 11.3 Å². The molecule has 4 rings (SSSR count). The number of rotatable bonds is 3. The van der Waals surface area contributed by atoms with E-state index in [0.717, 1.165) is 27.3 Å². The van der Waals surface area contributed by atoms with Crippen LogP contribution >= 0.6 is 11.3 Å². The van der Waals surface area contributed by atoms with Crippen LogP contribution in [0.2, 0.25) is 0 Å². The highest BCUT2D eigenvalue weighted by molar-refractivity contribution is 7.80. The molecule has 4 nitrogen and oxygen atoms in total. The first-order valence-electron chi connectivity index (χ1n) is 7.11. The number of thiazole rings is 1. The first-order valence-corrected chi connectivity index (χ1v) is 9.00. The maximum Gasteiger partial charge on any atom is 0.195 e. The molecule has 4 aromatic rings. The molecule has 0 aliphatic rings. The lowest BCUT2D eigenvalue weighted by Gasteiger charge is -2.05. The standard InChI is InChI=1S/C17H14N2O2S2/c1-11-7-8-12(9-16(11)23(20)21-2)13-10-19-14-5-3-4-6-15(14)22-17(19)18-13/h3-10H,1-2H3. The Labute approximate surface area is 140 Å². The first kappa shape index (κ1) is 14.6. The molecule has 23 heavy (non-hydrogen) atoms. The molecular formula is C17H14N2O2S2. The quantitative estimate of drug-likeness (QED) is 0.561.